The van der Waals surface area contributed by atoms with E-state index < -0.39 is 0 Å². The maximum absolute atomic E-state index is 12.3. The van der Waals surface area contributed by atoms with Crippen molar-refractivity contribution >= 4 is 23.2 Å². The van der Waals surface area contributed by atoms with Crippen LogP contribution in [0.4, 0.5) is 11.4 Å². The zero-order chi connectivity index (χ0) is 18.4. The minimum absolute atomic E-state index is 0.0221. The number of anilines is 2. The summed E-state index contributed by atoms with van der Waals surface area (Å²) in [6, 6.07) is 16.3. The zero-order valence-electron chi connectivity index (χ0n) is 15.1. The van der Waals surface area contributed by atoms with E-state index >= 15 is 0 Å². The number of rotatable bonds is 5. The van der Waals surface area contributed by atoms with Gasteiger partial charge in [0.05, 0.1) is 6.54 Å². The molecule has 1 aliphatic rings. The first-order chi connectivity index (χ1) is 12.6. The molecule has 2 N–H and O–H groups in total. The first-order valence-electron chi connectivity index (χ1n) is 9.09. The van der Waals surface area contributed by atoms with E-state index in [-0.39, 0.29) is 11.8 Å². The molecule has 2 aromatic rings. The fraction of sp³-hybridized carbons (Fsp3) is 0.333. The molecule has 0 unspecified atom stereocenters. The van der Waals surface area contributed by atoms with Crippen molar-refractivity contribution in [3.8, 4) is 0 Å². The monoisotopic (exact) mass is 351 g/mol. The molecule has 5 nitrogen and oxygen atoms in total. The van der Waals surface area contributed by atoms with Crippen molar-refractivity contribution in [2.75, 3.05) is 30.3 Å². The average molecular weight is 351 g/mol. The molecule has 3 rings (SSSR count). The van der Waals surface area contributed by atoms with Crippen LogP contribution in [-0.4, -0.2) is 36.3 Å². The van der Waals surface area contributed by atoms with Crippen LogP contribution in [0, 0.1) is 5.92 Å². The van der Waals surface area contributed by atoms with Crippen LogP contribution < -0.4 is 10.6 Å². The molecule has 1 fully saturated rings. The number of benzene rings is 2. The lowest BCUT2D eigenvalue weighted by atomic mass is 9.99. The lowest BCUT2D eigenvalue weighted by molar-refractivity contribution is -0.117. The van der Waals surface area contributed by atoms with Gasteiger partial charge in [-0.25, -0.2) is 0 Å². The van der Waals surface area contributed by atoms with Crippen molar-refractivity contribution in [1.82, 2.24) is 4.90 Å². The molecule has 1 heterocycles. The summed E-state index contributed by atoms with van der Waals surface area (Å²) >= 11 is 0. The number of likely N-dealkylation sites (tertiary alicyclic amines) is 1. The van der Waals surface area contributed by atoms with Gasteiger partial charge in [-0.05, 0) is 62.2 Å². The highest BCUT2D eigenvalue weighted by Gasteiger charge is 2.18. The van der Waals surface area contributed by atoms with Gasteiger partial charge in [0.25, 0.3) is 5.91 Å². The van der Waals surface area contributed by atoms with Crippen LogP contribution in [0.2, 0.25) is 0 Å². The molecule has 0 aromatic heterocycles. The SMILES string of the molecule is CC1CCN(CC(=O)Nc2cccc(NC(=O)c3ccccc3)c2)CC1. The van der Waals surface area contributed by atoms with Gasteiger partial charge in [-0.15, -0.1) is 0 Å². The number of carbonyl (C=O) groups excluding carboxylic acids is 2. The summed E-state index contributed by atoms with van der Waals surface area (Å²) in [5.74, 6) is 0.557. The summed E-state index contributed by atoms with van der Waals surface area (Å²) in [5.41, 5.74) is 1.94. The summed E-state index contributed by atoms with van der Waals surface area (Å²) in [5, 5.41) is 5.78. The van der Waals surface area contributed by atoms with Crippen LogP contribution in [0.25, 0.3) is 0 Å². The molecule has 0 saturated carbocycles. The fourth-order valence-electron chi connectivity index (χ4n) is 3.09. The topological polar surface area (TPSA) is 61.4 Å². The molecule has 26 heavy (non-hydrogen) atoms. The van der Waals surface area contributed by atoms with Crippen LogP contribution in [-0.2, 0) is 4.79 Å². The minimum Gasteiger partial charge on any atom is -0.325 e. The van der Waals surface area contributed by atoms with Crippen molar-refractivity contribution in [3.05, 3.63) is 60.2 Å². The van der Waals surface area contributed by atoms with E-state index in [9.17, 15) is 9.59 Å². The second-order valence-corrected chi connectivity index (χ2v) is 6.91. The van der Waals surface area contributed by atoms with Crippen LogP contribution in [0.15, 0.2) is 54.6 Å². The molecule has 2 aromatic carbocycles. The number of hydrogen-bond donors (Lipinski definition) is 2. The molecule has 0 radical (unpaired) electrons. The lowest BCUT2D eigenvalue weighted by Crippen LogP contribution is -2.38. The second-order valence-electron chi connectivity index (χ2n) is 6.91. The standard InChI is InChI=1S/C21H25N3O2/c1-16-10-12-24(13-11-16)15-20(25)22-18-8-5-9-19(14-18)23-21(26)17-6-3-2-4-7-17/h2-9,14,16H,10-13,15H2,1H3,(H,22,25)(H,23,26). The molecule has 0 bridgehead atoms. The van der Waals surface area contributed by atoms with Gasteiger partial charge >= 0.3 is 0 Å². The Balaban J connectivity index is 1.55. The van der Waals surface area contributed by atoms with Crippen molar-refractivity contribution in [3.63, 3.8) is 0 Å². The predicted molar refractivity (Wildman–Crippen MR) is 104 cm³/mol. The maximum atomic E-state index is 12.3. The molecule has 0 spiro atoms. The zero-order valence-corrected chi connectivity index (χ0v) is 15.1. The van der Waals surface area contributed by atoms with Crippen LogP contribution >= 0.6 is 0 Å². The summed E-state index contributed by atoms with van der Waals surface area (Å²) in [7, 11) is 0. The lowest BCUT2D eigenvalue weighted by Gasteiger charge is -2.29. The van der Waals surface area contributed by atoms with Gasteiger partial charge in [-0.3, -0.25) is 14.5 Å². The Morgan fingerprint density at radius 2 is 1.62 bits per heavy atom. The highest BCUT2D eigenvalue weighted by molar-refractivity contribution is 6.04. The molecular formula is C21H25N3O2. The van der Waals surface area contributed by atoms with Gasteiger partial charge in [0.2, 0.25) is 5.91 Å². The molecule has 1 aliphatic heterocycles. The fourth-order valence-corrected chi connectivity index (χ4v) is 3.09. The molecule has 0 atom stereocenters. The van der Waals surface area contributed by atoms with E-state index in [1.807, 2.05) is 36.4 Å². The Kier molecular flexibility index (Phi) is 6.02. The normalized spacial score (nSPS) is 15.4. The highest BCUT2D eigenvalue weighted by atomic mass is 16.2. The Bertz CT molecular complexity index is 753. The highest BCUT2D eigenvalue weighted by Crippen LogP contribution is 2.18. The third-order valence-electron chi connectivity index (χ3n) is 4.68. The van der Waals surface area contributed by atoms with E-state index in [1.54, 1.807) is 18.2 Å². The van der Waals surface area contributed by atoms with E-state index in [1.165, 1.54) is 0 Å². The number of amides is 2. The first kappa shape index (κ1) is 18.1. The van der Waals surface area contributed by atoms with Crippen molar-refractivity contribution in [2.24, 2.45) is 5.92 Å². The molecule has 5 heteroatoms. The Morgan fingerprint density at radius 3 is 2.31 bits per heavy atom. The molecular weight excluding hydrogens is 326 g/mol. The number of piperidine rings is 1. The summed E-state index contributed by atoms with van der Waals surface area (Å²) in [6.45, 7) is 4.61. The quantitative estimate of drug-likeness (QED) is 0.865. The molecule has 2 amide bonds. The van der Waals surface area contributed by atoms with Gasteiger partial charge in [0.15, 0.2) is 0 Å². The Hall–Kier alpha value is -2.66. The van der Waals surface area contributed by atoms with E-state index in [0.717, 1.165) is 31.8 Å². The number of hydrogen-bond acceptors (Lipinski definition) is 3. The Labute approximate surface area is 154 Å². The average Bonchev–Trinajstić information content (AvgIpc) is 2.64. The third kappa shape index (κ3) is 5.17. The van der Waals surface area contributed by atoms with E-state index in [4.69, 9.17) is 0 Å². The number of nitrogens with one attached hydrogen (secondary N) is 2. The van der Waals surface area contributed by atoms with Crippen molar-refractivity contribution < 1.29 is 9.59 Å². The maximum Gasteiger partial charge on any atom is 0.255 e. The molecule has 0 aliphatic carbocycles. The predicted octanol–water partition coefficient (Wildman–Crippen LogP) is 3.61. The molecule has 1 saturated heterocycles. The van der Waals surface area contributed by atoms with Gasteiger partial charge in [0, 0.05) is 16.9 Å². The van der Waals surface area contributed by atoms with E-state index in [0.29, 0.717) is 23.5 Å². The minimum atomic E-state index is -0.170. The van der Waals surface area contributed by atoms with Crippen LogP contribution in [0.5, 0.6) is 0 Å². The largest absolute Gasteiger partial charge is 0.325 e. The second kappa shape index (κ2) is 8.63. The first-order valence-corrected chi connectivity index (χ1v) is 9.09. The number of nitrogens with zero attached hydrogens (tertiary/aromatic N) is 1. The van der Waals surface area contributed by atoms with Gasteiger partial charge < -0.3 is 10.6 Å². The van der Waals surface area contributed by atoms with Gasteiger partial charge in [0.1, 0.15) is 0 Å². The van der Waals surface area contributed by atoms with Crippen molar-refractivity contribution in [2.45, 2.75) is 19.8 Å². The van der Waals surface area contributed by atoms with Crippen molar-refractivity contribution in [1.29, 1.82) is 0 Å². The summed E-state index contributed by atoms with van der Waals surface area (Å²) in [4.78, 5) is 26.7. The van der Waals surface area contributed by atoms with Gasteiger partial charge in [-0.1, -0.05) is 31.2 Å². The van der Waals surface area contributed by atoms with E-state index in [2.05, 4.69) is 22.5 Å². The summed E-state index contributed by atoms with van der Waals surface area (Å²) in [6.07, 6.45) is 2.29. The summed E-state index contributed by atoms with van der Waals surface area (Å²) < 4.78 is 0. The number of carbonyl (C=O) groups is 2. The third-order valence-corrected chi connectivity index (χ3v) is 4.68. The molecule has 136 valence electrons. The van der Waals surface area contributed by atoms with Crippen LogP contribution in [0.1, 0.15) is 30.1 Å². The smallest absolute Gasteiger partial charge is 0.255 e. The van der Waals surface area contributed by atoms with Crippen LogP contribution in [0.3, 0.4) is 0 Å². The van der Waals surface area contributed by atoms with Gasteiger partial charge in [-0.2, -0.15) is 0 Å². The Morgan fingerprint density at radius 1 is 0.962 bits per heavy atom.